The lowest BCUT2D eigenvalue weighted by molar-refractivity contribution is -0.142. The van der Waals surface area contributed by atoms with Gasteiger partial charge in [0.25, 0.3) is 0 Å². The van der Waals surface area contributed by atoms with E-state index in [2.05, 4.69) is 0 Å². The maximum Gasteiger partial charge on any atom is 0.307 e. The Hall–Kier alpha value is -1.88. The highest BCUT2D eigenvalue weighted by Crippen LogP contribution is 2.20. The van der Waals surface area contributed by atoms with E-state index >= 15 is 0 Å². The van der Waals surface area contributed by atoms with Gasteiger partial charge in [0.2, 0.25) is 5.91 Å². The molecule has 0 aromatic heterocycles. The molecule has 1 aromatic rings. The number of carbonyl (C=O) groups is 2. The lowest BCUT2D eigenvalue weighted by atomic mass is 10.1. The number of likely N-dealkylation sites (tertiary alicyclic amines) is 1. The second-order valence-corrected chi connectivity index (χ2v) is 6.12. The average Bonchev–Trinajstić information content (AvgIpc) is 2.98. The second kappa shape index (κ2) is 6.92. The van der Waals surface area contributed by atoms with Crippen molar-refractivity contribution in [2.45, 2.75) is 32.9 Å². The second-order valence-electron chi connectivity index (χ2n) is 6.12. The summed E-state index contributed by atoms with van der Waals surface area (Å²) < 4.78 is 0. The van der Waals surface area contributed by atoms with Crippen molar-refractivity contribution in [1.82, 2.24) is 9.80 Å². The molecule has 22 heavy (non-hydrogen) atoms. The first-order chi connectivity index (χ1) is 10.4. The zero-order valence-electron chi connectivity index (χ0n) is 13.5. The molecule has 1 N–H and O–H groups in total. The molecule has 1 saturated heterocycles. The van der Waals surface area contributed by atoms with Crippen LogP contribution in [-0.4, -0.2) is 53.0 Å². The van der Waals surface area contributed by atoms with Gasteiger partial charge in [-0.2, -0.15) is 0 Å². The zero-order valence-corrected chi connectivity index (χ0v) is 13.5. The van der Waals surface area contributed by atoms with E-state index in [0.717, 1.165) is 5.56 Å². The number of benzene rings is 1. The van der Waals surface area contributed by atoms with Crippen LogP contribution in [0.1, 0.15) is 24.5 Å². The Labute approximate surface area is 131 Å². The van der Waals surface area contributed by atoms with Gasteiger partial charge in [-0.25, -0.2) is 0 Å². The van der Waals surface area contributed by atoms with Gasteiger partial charge >= 0.3 is 5.97 Å². The number of aryl methyl sites for hydroxylation is 1. The van der Waals surface area contributed by atoms with Crippen molar-refractivity contribution in [2.24, 2.45) is 5.92 Å². The van der Waals surface area contributed by atoms with Crippen molar-refractivity contribution in [1.29, 1.82) is 0 Å². The number of likely N-dealkylation sites (N-methyl/N-ethyl adjacent to an activating group) is 1. The van der Waals surface area contributed by atoms with Gasteiger partial charge in [-0.3, -0.25) is 14.5 Å². The van der Waals surface area contributed by atoms with Gasteiger partial charge in [0.15, 0.2) is 0 Å². The van der Waals surface area contributed by atoms with Crippen LogP contribution in [0.5, 0.6) is 0 Å². The molecule has 0 radical (unpaired) electrons. The number of hydrogen-bond acceptors (Lipinski definition) is 3. The maximum absolute atomic E-state index is 12.6. The van der Waals surface area contributed by atoms with Crippen molar-refractivity contribution in [3.63, 3.8) is 0 Å². The van der Waals surface area contributed by atoms with Crippen molar-refractivity contribution >= 4 is 11.9 Å². The predicted octanol–water partition coefficient (Wildman–Crippen LogP) is 1.75. The summed E-state index contributed by atoms with van der Waals surface area (Å²) in [5.74, 6) is -1.08. The van der Waals surface area contributed by atoms with Crippen LogP contribution in [0, 0.1) is 12.8 Å². The van der Waals surface area contributed by atoms with Crippen LogP contribution in [0.25, 0.3) is 0 Å². The van der Waals surface area contributed by atoms with Gasteiger partial charge in [-0.1, -0.05) is 24.3 Å². The normalized spacial score (nSPS) is 19.9. The number of carboxylic acids is 1. The van der Waals surface area contributed by atoms with Gasteiger partial charge in [-0.05, 0) is 37.9 Å². The molecular formula is C17H24N2O3. The van der Waals surface area contributed by atoms with Crippen LogP contribution < -0.4 is 0 Å². The molecule has 1 aliphatic rings. The van der Waals surface area contributed by atoms with Crippen molar-refractivity contribution in [3.8, 4) is 0 Å². The first-order valence-corrected chi connectivity index (χ1v) is 7.66. The fraction of sp³-hybridized carbons (Fsp3) is 0.529. The lowest BCUT2D eigenvalue weighted by Gasteiger charge is -2.28. The van der Waals surface area contributed by atoms with E-state index in [9.17, 15) is 9.59 Å². The summed E-state index contributed by atoms with van der Waals surface area (Å²) in [5, 5.41) is 9.06. The van der Waals surface area contributed by atoms with Gasteiger partial charge in [0.05, 0.1) is 12.0 Å². The molecule has 120 valence electrons. The van der Waals surface area contributed by atoms with Crippen LogP contribution in [0.3, 0.4) is 0 Å². The molecule has 0 spiro atoms. The molecule has 1 fully saturated rings. The fourth-order valence-electron chi connectivity index (χ4n) is 2.94. The topological polar surface area (TPSA) is 60.9 Å². The Kier molecular flexibility index (Phi) is 5.19. The molecule has 0 saturated carbocycles. The molecule has 1 aliphatic heterocycles. The third kappa shape index (κ3) is 3.65. The number of rotatable bonds is 5. The van der Waals surface area contributed by atoms with Crippen LogP contribution in [0.15, 0.2) is 24.3 Å². The quantitative estimate of drug-likeness (QED) is 0.900. The standard InChI is InChI=1S/C17H24N2O3/c1-12-6-4-5-7-14(12)10-18(3)16(20)13(2)19-9-8-15(11-19)17(21)22/h4-7,13,15H,8-11H2,1-3H3,(H,21,22). The molecule has 1 heterocycles. The summed E-state index contributed by atoms with van der Waals surface area (Å²) in [6, 6.07) is 7.75. The SMILES string of the molecule is Cc1ccccc1CN(C)C(=O)C(C)N1CCC(C(=O)O)C1. The molecule has 5 heteroatoms. The van der Waals surface area contributed by atoms with Gasteiger partial charge in [0.1, 0.15) is 0 Å². The summed E-state index contributed by atoms with van der Waals surface area (Å²) in [6.45, 7) is 5.60. The molecule has 2 unspecified atom stereocenters. The molecule has 2 atom stereocenters. The minimum atomic E-state index is -0.768. The largest absolute Gasteiger partial charge is 0.481 e. The number of nitrogens with zero attached hydrogens (tertiary/aromatic N) is 2. The van der Waals surface area contributed by atoms with E-state index in [1.807, 2.05) is 43.0 Å². The summed E-state index contributed by atoms with van der Waals surface area (Å²) in [5.41, 5.74) is 2.30. The molecule has 1 aromatic carbocycles. The van der Waals surface area contributed by atoms with E-state index < -0.39 is 5.97 Å². The Morgan fingerprint density at radius 2 is 2.09 bits per heavy atom. The summed E-state index contributed by atoms with van der Waals surface area (Å²) in [6.07, 6.45) is 0.620. The highest BCUT2D eigenvalue weighted by atomic mass is 16.4. The average molecular weight is 304 g/mol. The third-order valence-corrected chi connectivity index (χ3v) is 4.52. The Bertz CT molecular complexity index is 559. The molecule has 5 nitrogen and oxygen atoms in total. The van der Waals surface area contributed by atoms with Crippen LogP contribution in [0.2, 0.25) is 0 Å². The van der Waals surface area contributed by atoms with E-state index in [1.165, 1.54) is 5.56 Å². The lowest BCUT2D eigenvalue weighted by Crippen LogP contribution is -2.44. The van der Waals surface area contributed by atoms with Crippen molar-refractivity contribution in [2.75, 3.05) is 20.1 Å². The van der Waals surface area contributed by atoms with Crippen LogP contribution in [0.4, 0.5) is 0 Å². The minimum absolute atomic E-state index is 0.0364. The van der Waals surface area contributed by atoms with E-state index in [0.29, 0.717) is 26.1 Å². The number of carbonyl (C=O) groups excluding carboxylic acids is 1. The van der Waals surface area contributed by atoms with Gasteiger partial charge in [0, 0.05) is 20.1 Å². The number of hydrogen-bond donors (Lipinski definition) is 1. The maximum atomic E-state index is 12.6. The summed E-state index contributed by atoms with van der Waals surface area (Å²) in [4.78, 5) is 27.3. The van der Waals surface area contributed by atoms with Crippen molar-refractivity contribution in [3.05, 3.63) is 35.4 Å². The minimum Gasteiger partial charge on any atom is -0.481 e. The van der Waals surface area contributed by atoms with E-state index in [1.54, 1.807) is 11.9 Å². The van der Waals surface area contributed by atoms with Gasteiger partial charge < -0.3 is 10.0 Å². The highest BCUT2D eigenvalue weighted by Gasteiger charge is 2.34. The molecule has 1 amide bonds. The Morgan fingerprint density at radius 1 is 1.41 bits per heavy atom. The fourth-order valence-corrected chi connectivity index (χ4v) is 2.94. The predicted molar refractivity (Wildman–Crippen MR) is 84.4 cm³/mol. The van der Waals surface area contributed by atoms with E-state index in [4.69, 9.17) is 5.11 Å². The number of carboxylic acid groups (broad SMARTS) is 1. The molecule has 0 aliphatic carbocycles. The molecule has 2 rings (SSSR count). The Morgan fingerprint density at radius 3 is 2.68 bits per heavy atom. The van der Waals surface area contributed by atoms with E-state index in [-0.39, 0.29) is 17.9 Å². The van der Waals surface area contributed by atoms with Crippen LogP contribution >= 0.6 is 0 Å². The van der Waals surface area contributed by atoms with Crippen LogP contribution in [-0.2, 0) is 16.1 Å². The number of aliphatic carboxylic acids is 1. The highest BCUT2D eigenvalue weighted by molar-refractivity contribution is 5.81. The van der Waals surface area contributed by atoms with Gasteiger partial charge in [-0.15, -0.1) is 0 Å². The monoisotopic (exact) mass is 304 g/mol. The first-order valence-electron chi connectivity index (χ1n) is 7.66. The Balaban J connectivity index is 1.96. The number of amides is 1. The summed E-state index contributed by atoms with van der Waals surface area (Å²) in [7, 11) is 1.80. The first kappa shape index (κ1) is 16.5. The molecular weight excluding hydrogens is 280 g/mol. The smallest absolute Gasteiger partial charge is 0.307 e. The summed E-state index contributed by atoms with van der Waals surface area (Å²) >= 11 is 0. The van der Waals surface area contributed by atoms with Crippen molar-refractivity contribution < 1.29 is 14.7 Å². The zero-order chi connectivity index (χ0) is 16.3. The third-order valence-electron chi connectivity index (χ3n) is 4.52. The molecule has 0 bridgehead atoms.